The van der Waals surface area contributed by atoms with E-state index in [0.29, 0.717) is 11.8 Å². The molecule has 0 spiro atoms. The highest BCUT2D eigenvalue weighted by Crippen LogP contribution is 2.51. The lowest BCUT2D eigenvalue weighted by atomic mass is 9.81. The lowest BCUT2D eigenvalue weighted by molar-refractivity contribution is 0.670. The van der Waals surface area contributed by atoms with E-state index in [9.17, 15) is 0 Å². The minimum atomic E-state index is 0.373. The van der Waals surface area contributed by atoms with E-state index in [1.807, 2.05) is 0 Å². The van der Waals surface area contributed by atoms with Crippen LogP contribution in [-0.4, -0.2) is 4.57 Å². The first-order valence-electron chi connectivity index (χ1n) is 14.6. The summed E-state index contributed by atoms with van der Waals surface area (Å²) in [4.78, 5) is 0. The van der Waals surface area contributed by atoms with E-state index in [0.717, 1.165) is 0 Å². The van der Waals surface area contributed by atoms with Gasteiger partial charge in [0.15, 0.2) is 0 Å². The van der Waals surface area contributed by atoms with Gasteiger partial charge in [-0.05, 0) is 76.1 Å². The first-order chi connectivity index (χ1) is 20.2. The van der Waals surface area contributed by atoms with Gasteiger partial charge in [-0.1, -0.05) is 128 Å². The Balaban J connectivity index is 1.11. The summed E-state index contributed by atoms with van der Waals surface area (Å²) in [6.07, 6.45) is 0. The van der Waals surface area contributed by atoms with Gasteiger partial charge in [-0.25, -0.2) is 0 Å². The highest BCUT2D eigenvalue weighted by atomic mass is 15.0. The summed E-state index contributed by atoms with van der Waals surface area (Å²) >= 11 is 0. The summed E-state index contributed by atoms with van der Waals surface area (Å²) in [7, 11) is 0. The number of nitrogens with zero attached hydrogens (tertiary/aromatic N) is 1. The van der Waals surface area contributed by atoms with E-state index in [2.05, 4.69) is 158 Å². The van der Waals surface area contributed by atoms with Gasteiger partial charge in [0.2, 0.25) is 0 Å². The molecule has 0 radical (unpaired) electrons. The van der Waals surface area contributed by atoms with Crippen LogP contribution < -0.4 is 0 Å². The van der Waals surface area contributed by atoms with Crippen LogP contribution >= 0.6 is 0 Å². The van der Waals surface area contributed by atoms with Gasteiger partial charge in [0.25, 0.3) is 0 Å². The molecular formula is C40H31N. The van der Waals surface area contributed by atoms with Crippen molar-refractivity contribution in [2.75, 3.05) is 0 Å². The van der Waals surface area contributed by atoms with E-state index in [4.69, 9.17) is 0 Å². The van der Waals surface area contributed by atoms with Gasteiger partial charge in [0.1, 0.15) is 0 Å². The molecule has 1 aliphatic carbocycles. The Morgan fingerprint density at radius 1 is 0.537 bits per heavy atom. The molecule has 0 bridgehead atoms. The highest BCUT2D eigenvalue weighted by molar-refractivity contribution is 6.09. The van der Waals surface area contributed by atoms with Crippen LogP contribution in [-0.2, 0) is 0 Å². The Hall–Kier alpha value is -4.88. The number of hydrogen-bond donors (Lipinski definition) is 0. The zero-order valence-corrected chi connectivity index (χ0v) is 23.4. The zero-order valence-electron chi connectivity index (χ0n) is 23.4. The van der Waals surface area contributed by atoms with E-state index in [-0.39, 0.29) is 0 Å². The summed E-state index contributed by atoms with van der Waals surface area (Å²) < 4.78 is 2.37. The Bertz CT molecular complexity index is 2000. The molecule has 6 aromatic carbocycles. The maximum Gasteiger partial charge on any atom is 0.0541 e. The molecule has 7 aromatic rings. The van der Waals surface area contributed by atoms with Crippen molar-refractivity contribution >= 4 is 21.8 Å². The number of aryl methyl sites for hydroxylation is 1. The fourth-order valence-electron chi connectivity index (χ4n) is 7.07. The van der Waals surface area contributed by atoms with Gasteiger partial charge in [-0.3, -0.25) is 0 Å². The first-order valence-corrected chi connectivity index (χ1v) is 14.6. The summed E-state index contributed by atoms with van der Waals surface area (Å²) in [5.74, 6) is 0.755. The van der Waals surface area contributed by atoms with Crippen LogP contribution in [0.5, 0.6) is 0 Å². The molecule has 1 heteroatoms. The van der Waals surface area contributed by atoms with Gasteiger partial charge < -0.3 is 4.57 Å². The molecule has 0 amide bonds. The highest BCUT2D eigenvalue weighted by Gasteiger charge is 2.32. The maximum absolute atomic E-state index is 2.38. The third-order valence-electron chi connectivity index (χ3n) is 9.11. The summed E-state index contributed by atoms with van der Waals surface area (Å²) in [6, 6.07) is 51.5. The maximum atomic E-state index is 2.38. The minimum Gasteiger partial charge on any atom is -0.309 e. The van der Waals surface area contributed by atoms with E-state index < -0.39 is 0 Å². The third-order valence-corrected chi connectivity index (χ3v) is 9.11. The van der Waals surface area contributed by atoms with Crippen LogP contribution in [0.15, 0.2) is 140 Å². The molecule has 2 atom stereocenters. The lowest BCUT2D eigenvalue weighted by Crippen LogP contribution is -2.07. The molecule has 2 unspecified atom stereocenters. The molecule has 8 rings (SSSR count). The van der Waals surface area contributed by atoms with Crippen molar-refractivity contribution in [3.63, 3.8) is 0 Å². The quantitative estimate of drug-likeness (QED) is 0.215. The van der Waals surface area contributed by atoms with Crippen LogP contribution in [0.3, 0.4) is 0 Å². The van der Waals surface area contributed by atoms with Crippen LogP contribution in [0.25, 0.3) is 49.7 Å². The predicted octanol–water partition coefficient (Wildman–Crippen LogP) is 10.7. The van der Waals surface area contributed by atoms with Crippen molar-refractivity contribution in [2.45, 2.75) is 25.7 Å². The standard InChI is InChI=1S/C40H31N/c1-26-15-24-36-37(25-26)32-9-3-4-12-35(32)40(36)27(2)28-16-18-29(19-17-28)30-20-22-31(23-21-30)41-38-13-7-5-10-33(38)34-11-6-8-14-39(34)41/h3-25,27,40H,1-2H3. The molecule has 0 saturated carbocycles. The summed E-state index contributed by atoms with van der Waals surface area (Å²) in [5.41, 5.74) is 14.5. The smallest absolute Gasteiger partial charge is 0.0541 e. The normalized spacial score (nSPS) is 14.7. The molecule has 0 fully saturated rings. The van der Waals surface area contributed by atoms with Crippen molar-refractivity contribution in [1.29, 1.82) is 0 Å². The number of benzene rings is 6. The van der Waals surface area contributed by atoms with E-state index in [1.54, 1.807) is 0 Å². The van der Waals surface area contributed by atoms with E-state index in [1.165, 1.54) is 72.0 Å². The largest absolute Gasteiger partial charge is 0.309 e. The topological polar surface area (TPSA) is 4.93 Å². The SMILES string of the molecule is Cc1ccc2c(c1)-c1ccccc1C2C(C)c1ccc(-c2ccc(-n3c4ccccc4c4ccccc43)cc2)cc1. The summed E-state index contributed by atoms with van der Waals surface area (Å²) in [5, 5.41) is 2.58. The first kappa shape index (κ1) is 24.0. The zero-order chi connectivity index (χ0) is 27.5. The molecule has 0 N–H and O–H groups in total. The Morgan fingerprint density at radius 2 is 1.10 bits per heavy atom. The van der Waals surface area contributed by atoms with Crippen LogP contribution in [0.1, 0.15) is 41.0 Å². The van der Waals surface area contributed by atoms with Crippen LogP contribution in [0, 0.1) is 6.92 Å². The van der Waals surface area contributed by atoms with Gasteiger partial charge >= 0.3 is 0 Å². The number of rotatable bonds is 4. The molecule has 196 valence electrons. The van der Waals surface area contributed by atoms with Crippen molar-refractivity contribution in [1.82, 2.24) is 4.57 Å². The Labute approximate surface area is 241 Å². The van der Waals surface area contributed by atoms with Crippen LogP contribution in [0.4, 0.5) is 0 Å². The molecule has 1 heterocycles. The number of hydrogen-bond acceptors (Lipinski definition) is 0. The van der Waals surface area contributed by atoms with Crippen molar-refractivity contribution < 1.29 is 0 Å². The summed E-state index contributed by atoms with van der Waals surface area (Å²) in [6.45, 7) is 4.57. The second-order valence-electron chi connectivity index (χ2n) is 11.5. The monoisotopic (exact) mass is 525 g/mol. The number of aromatic nitrogens is 1. The second-order valence-corrected chi connectivity index (χ2v) is 11.5. The lowest BCUT2D eigenvalue weighted by Gasteiger charge is -2.23. The number of para-hydroxylation sites is 2. The fourth-order valence-corrected chi connectivity index (χ4v) is 7.07. The second kappa shape index (κ2) is 9.35. The molecule has 41 heavy (non-hydrogen) atoms. The van der Waals surface area contributed by atoms with E-state index >= 15 is 0 Å². The minimum absolute atomic E-state index is 0.373. The van der Waals surface area contributed by atoms with Gasteiger partial charge in [0, 0.05) is 22.4 Å². The Kier molecular flexibility index (Phi) is 5.47. The molecule has 1 aliphatic rings. The van der Waals surface area contributed by atoms with Crippen LogP contribution in [0.2, 0.25) is 0 Å². The van der Waals surface area contributed by atoms with Crippen molar-refractivity contribution in [3.8, 4) is 27.9 Å². The third kappa shape index (κ3) is 3.77. The van der Waals surface area contributed by atoms with Crippen molar-refractivity contribution in [3.05, 3.63) is 162 Å². The fraction of sp³-hybridized carbons (Fsp3) is 0.100. The molecule has 0 saturated heterocycles. The molecule has 1 aromatic heterocycles. The molecule has 1 nitrogen and oxygen atoms in total. The van der Waals surface area contributed by atoms with Gasteiger partial charge in [-0.2, -0.15) is 0 Å². The number of fused-ring (bicyclic) bond motifs is 6. The molecule has 0 aliphatic heterocycles. The van der Waals surface area contributed by atoms with Gasteiger partial charge in [-0.15, -0.1) is 0 Å². The average Bonchev–Trinajstić information content (AvgIpc) is 3.54. The Morgan fingerprint density at radius 3 is 1.78 bits per heavy atom. The predicted molar refractivity (Wildman–Crippen MR) is 173 cm³/mol. The van der Waals surface area contributed by atoms with Crippen molar-refractivity contribution in [2.24, 2.45) is 0 Å². The van der Waals surface area contributed by atoms with Gasteiger partial charge in [0.05, 0.1) is 11.0 Å². The molecular weight excluding hydrogens is 494 g/mol. The average molecular weight is 526 g/mol.